The second-order valence-electron chi connectivity index (χ2n) is 7.95. The number of nitrogens with one attached hydrogen (secondary N) is 1. The van der Waals surface area contributed by atoms with E-state index in [1.165, 1.54) is 4.90 Å². The molecule has 1 heterocycles. The molecule has 134 valence electrons. The third kappa shape index (κ3) is 2.86. The van der Waals surface area contributed by atoms with E-state index >= 15 is 0 Å². The van der Waals surface area contributed by atoms with E-state index in [4.69, 9.17) is 0 Å². The van der Waals surface area contributed by atoms with Crippen LogP contribution in [0.15, 0.2) is 30.3 Å². The molecule has 2 bridgehead atoms. The first kappa shape index (κ1) is 17.6. The molecule has 1 saturated carbocycles. The summed E-state index contributed by atoms with van der Waals surface area (Å²) in [6, 6.07) is 9.65. The Balaban J connectivity index is 1.59. The summed E-state index contributed by atoms with van der Waals surface area (Å²) in [4.78, 5) is 39.0. The second-order valence-corrected chi connectivity index (χ2v) is 7.95. The molecule has 1 aliphatic heterocycles. The van der Waals surface area contributed by atoms with Crippen molar-refractivity contribution in [3.05, 3.63) is 35.9 Å². The fraction of sp³-hybridized carbons (Fsp3) is 0.550. The molecule has 1 aromatic carbocycles. The number of piperidine rings is 1. The first-order valence-corrected chi connectivity index (χ1v) is 8.94. The van der Waals surface area contributed by atoms with Crippen LogP contribution in [0.3, 0.4) is 0 Å². The van der Waals surface area contributed by atoms with Crippen molar-refractivity contribution in [2.75, 3.05) is 6.54 Å². The predicted molar refractivity (Wildman–Crippen MR) is 94.2 cm³/mol. The standard InChI is InChI=1S/C20H26N2O3/c1-19(2)15-9-11-20(19,3)18(25)22(17(15)24)12-10-16(23)21-13-14-7-5-4-6-8-14/h4-8,15H,9-13H2,1-3H3,(H,21,23). The molecule has 5 nitrogen and oxygen atoms in total. The van der Waals surface area contributed by atoms with Crippen LogP contribution in [0.25, 0.3) is 0 Å². The molecule has 2 fully saturated rings. The fourth-order valence-electron chi connectivity index (χ4n) is 4.21. The number of benzene rings is 1. The lowest BCUT2D eigenvalue weighted by atomic mass is 9.62. The summed E-state index contributed by atoms with van der Waals surface area (Å²) in [5.74, 6) is -0.498. The maximum atomic E-state index is 12.9. The van der Waals surface area contributed by atoms with Crippen LogP contribution in [0, 0.1) is 16.7 Å². The van der Waals surface area contributed by atoms with E-state index < -0.39 is 5.41 Å². The summed E-state index contributed by atoms with van der Waals surface area (Å²) in [6.07, 6.45) is 1.64. The largest absolute Gasteiger partial charge is 0.352 e. The Morgan fingerprint density at radius 3 is 2.56 bits per heavy atom. The predicted octanol–water partition coefficient (Wildman–Crippen LogP) is 2.50. The Labute approximate surface area is 148 Å². The van der Waals surface area contributed by atoms with Crippen LogP contribution in [-0.4, -0.2) is 29.2 Å². The van der Waals surface area contributed by atoms with Crippen molar-refractivity contribution in [3.8, 4) is 0 Å². The van der Waals surface area contributed by atoms with Gasteiger partial charge in [-0.2, -0.15) is 0 Å². The molecule has 1 aliphatic carbocycles. The van der Waals surface area contributed by atoms with Gasteiger partial charge in [0.2, 0.25) is 17.7 Å². The molecule has 0 radical (unpaired) electrons. The molecule has 3 rings (SSSR count). The van der Waals surface area contributed by atoms with Crippen LogP contribution >= 0.6 is 0 Å². The van der Waals surface area contributed by atoms with Gasteiger partial charge < -0.3 is 5.32 Å². The number of nitrogens with zero attached hydrogens (tertiary/aromatic N) is 1. The van der Waals surface area contributed by atoms with Gasteiger partial charge in [0.1, 0.15) is 0 Å². The highest BCUT2D eigenvalue weighted by atomic mass is 16.2. The normalized spacial score (nSPS) is 27.5. The highest BCUT2D eigenvalue weighted by molar-refractivity contribution is 6.04. The van der Waals surface area contributed by atoms with E-state index in [0.717, 1.165) is 18.4 Å². The number of hydrogen-bond donors (Lipinski definition) is 1. The van der Waals surface area contributed by atoms with Gasteiger partial charge in [0.15, 0.2) is 0 Å². The SMILES string of the molecule is CC12CCC(C(=O)N(CCC(=O)NCc3ccccc3)C1=O)C2(C)C. The van der Waals surface area contributed by atoms with Crippen molar-refractivity contribution in [2.45, 2.75) is 46.6 Å². The highest BCUT2D eigenvalue weighted by Crippen LogP contribution is 2.59. The number of imide groups is 1. The molecule has 2 unspecified atom stereocenters. The van der Waals surface area contributed by atoms with E-state index in [-0.39, 0.29) is 42.0 Å². The zero-order valence-electron chi connectivity index (χ0n) is 15.2. The quantitative estimate of drug-likeness (QED) is 0.836. The van der Waals surface area contributed by atoms with Gasteiger partial charge in [-0.15, -0.1) is 0 Å². The molecule has 1 aromatic rings. The third-order valence-electron chi connectivity index (χ3n) is 6.40. The van der Waals surface area contributed by atoms with Crippen LogP contribution in [0.4, 0.5) is 0 Å². The number of fused-ring (bicyclic) bond motifs is 2. The van der Waals surface area contributed by atoms with Crippen LogP contribution in [0.2, 0.25) is 0 Å². The summed E-state index contributed by atoms with van der Waals surface area (Å²) in [5.41, 5.74) is 0.201. The number of carbonyl (C=O) groups excluding carboxylic acids is 3. The number of rotatable bonds is 5. The Morgan fingerprint density at radius 2 is 1.88 bits per heavy atom. The molecule has 25 heavy (non-hydrogen) atoms. The number of amides is 3. The topological polar surface area (TPSA) is 66.5 Å². The molecular formula is C20H26N2O3. The van der Waals surface area contributed by atoms with Crippen molar-refractivity contribution in [3.63, 3.8) is 0 Å². The van der Waals surface area contributed by atoms with E-state index in [9.17, 15) is 14.4 Å². The van der Waals surface area contributed by atoms with Crippen molar-refractivity contribution in [1.29, 1.82) is 0 Å². The molecule has 5 heteroatoms. The lowest BCUT2D eigenvalue weighted by Crippen LogP contribution is -2.59. The highest BCUT2D eigenvalue weighted by Gasteiger charge is 2.64. The Kier molecular flexibility index (Phi) is 4.43. The average Bonchev–Trinajstić information content (AvgIpc) is 2.78. The van der Waals surface area contributed by atoms with Crippen molar-refractivity contribution in [1.82, 2.24) is 10.2 Å². The average molecular weight is 342 g/mol. The van der Waals surface area contributed by atoms with Gasteiger partial charge >= 0.3 is 0 Å². The summed E-state index contributed by atoms with van der Waals surface area (Å²) >= 11 is 0. The zero-order chi connectivity index (χ0) is 18.2. The molecule has 0 aromatic heterocycles. The van der Waals surface area contributed by atoms with Gasteiger partial charge in [0, 0.05) is 25.4 Å². The van der Waals surface area contributed by atoms with E-state index in [2.05, 4.69) is 5.32 Å². The molecule has 1 N–H and O–H groups in total. The number of hydrogen-bond acceptors (Lipinski definition) is 3. The van der Waals surface area contributed by atoms with Gasteiger partial charge in [-0.1, -0.05) is 51.1 Å². The van der Waals surface area contributed by atoms with Crippen molar-refractivity contribution < 1.29 is 14.4 Å². The van der Waals surface area contributed by atoms with Gasteiger partial charge in [-0.25, -0.2) is 0 Å². The van der Waals surface area contributed by atoms with Crippen LogP contribution in [0.5, 0.6) is 0 Å². The minimum absolute atomic E-state index is 0.110. The van der Waals surface area contributed by atoms with Gasteiger partial charge in [0.05, 0.1) is 5.41 Å². The van der Waals surface area contributed by atoms with E-state index in [0.29, 0.717) is 6.54 Å². The minimum Gasteiger partial charge on any atom is -0.352 e. The number of likely N-dealkylation sites (tertiary alicyclic amines) is 1. The lowest BCUT2D eigenvalue weighted by Gasteiger charge is -2.47. The monoisotopic (exact) mass is 342 g/mol. The molecule has 1 saturated heterocycles. The van der Waals surface area contributed by atoms with Crippen molar-refractivity contribution in [2.24, 2.45) is 16.7 Å². The van der Waals surface area contributed by atoms with Gasteiger partial charge in [-0.05, 0) is 23.8 Å². The summed E-state index contributed by atoms with van der Waals surface area (Å²) in [5, 5.41) is 2.84. The molecule has 2 aliphatic rings. The number of carbonyl (C=O) groups is 3. The van der Waals surface area contributed by atoms with Crippen molar-refractivity contribution >= 4 is 17.7 Å². The Bertz CT molecular complexity index is 698. The van der Waals surface area contributed by atoms with Gasteiger partial charge in [-0.3, -0.25) is 19.3 Å². The van der Waals surface area contributed by atoms with Crippen LogP contribution < -0.4 is 5.32 Å². The first-order valence-electron chi connectivity index (χ1n) is 8.94. The van der Waals surface area contributed by atoms with E-state index in [1.807, 2.05) is 51.1 Å². The molecule has 3 amide bonds. The molecule has 2 atom stereocenters. The van der Waals surface area contributed by atoms with Crippen LogP contribution in [-0.2, 0) is 20.9 Å². The summed E-state index contributed by atoms with van der Waals surface area (Å²) < 4.78 is 0. The Morgan fingerprint density at radius 1 is 1.20 bits per heavy atom. The zero-order valence-corrected chi connectivity index (χ0v) is 15.2. The maximum absolute atomic E-state index is 12.9. The Hall–Kier alpha value is -2.17. The second kappa shape index (κ2) is 6.28. The summed E-state index contributed by atoms with van der Waals surface area (Å²) in [7, 11) is 0. The fourth-order valence-corrected chi connectivity index (χ4v) is 4.21. The third-order valence-corrected chi connectivity index (χ3v) is 6.40. The van der Waals surface area contributed by atoms with Gasteiger partial charge in [0.25, 0.3) is 0 Å². The first-order chi connectivity index (χ1) is 11.8. The summed E-state index contributed by atoms with van der Waals surface area (Å²) in [6.45, 7) is 6.62. The molecular weight excluding hydrogens is 316 g/mol. The smallest absolute Gasteiger partial charge is 0.235 e. The minimum atomic E-state index is -0.508. The molecule has 0 spiro atoms. The lowest BCUT2D eigenvalue weighted by molar-refractivity contribution is -0.167. The van der Waals surface area contributed by atoms with E-state index in [1.54, 1.807) is 0 Å². The maximum Gasteiger partial charge on any atom is 0.235 e. The van der Waals surface area contributed by atoms with Crippen LogP contribution in [0.1, 0.15) is 45.6 Å².